The largest absolute Gasteiger partial charge is 0.396 e. The molecule has 12 heavy (non-hydrogen) atoms. The van der Waals surface area contributed by atoms with E-state index < -0.39 is 0 Å². The molecule has 0 rings (SSSR count). The van der Waals surface area contributed by atoms with Gasteiger partial charge in [0.15, 0.2) is 0 Å². The third kappa shape index (κ3) is 3.88. The monoisotopic (exact) mass is 171 g/mol. The van der Waals surface area contributed by atoms with E-state index in [2.05, 4.69) is 32.7 Å². The number of hydrogen-bond donors (Lipinski definition) is 2. The summed E-state index contributed by atoms with van der Waals surface area (Å²) in [5.74, 6) is 0. The SMILES string of the molecule is C=CC(C)NCC(C)(CC)CO. The minimum absolute atomic E-state index is 0.0112. The molecule has 72 valence electrons. The smallest absolute Gasteiger partial charge is 0.0496 e. The van der Waals surface area contributed by atoms with Crippen LogP contribution in [0, 0.1) is 5.41 Å². The first-order chi connectivity index (χ1) is 5.58. The summed E-state index contributed by atoms with van der Waals surface area (Å²) in [6.45, 7) is 11.0. The lowest BCUT2D eigenvalue weighted by molar-refractivity contribution is 0.134. The summed E-state index contributed by atoms with van der Waals surface area (Å²) in [5, 5.41) is 12.4. The Kier molecular flexibility index (Phi) is 5.18. The zero-order valence-corrected chi connectivity index (χ0v) is 8.43. The predicted octanol–water partition coefficient (Wildman–Crippen LogP) is 1.56. The summed E-state index contributed by atoms with van der Waals surface area (Å²) in [5.41, 5.74) is 0.0112. The molecule has 0 radical (unpaired) electrons. The van der Waals surface area contributed by atoms with Crippen molar-refractivity contribution in [3.8, 4) is 0 Å². The second kappa shape index (κ2) is 5.33. The number of aliphatic hydroxyl groups excluding tert-OH is 1. The van der Waals surface area contributed by atoms with Gasteiger partial charge in [-0.15, -0.1) is 6.58 Å². The molecule has 2 nitrogen and oxygen atoms in total. The third-order valence-electron chi connectivity index (χ3n) is 2.44. The van der Waals surface area contributed by atoms with Gasteiger partial charge in [-0.2, -0.15) is 0 Å². The molecule has 0 saturated carbocycles. The fourth-order valence-corrected chi connectivity index (χ4v) is 0.783. The molecule has 0 fully saturated rings. The van der Waals surface area contributed by atoms with E-state index in [9.17, 15) is 0 Å². The molecule has 2 atom stereocenters. The molecular formula is C10H21NO. The lowest BCUT2D eigenvalue weighted by Crippen LogP contribution is -2.37. The van der Waals surface area contributed by atoms with Crippen molar-refractivity contribution in [1.29, 1.82) is 0 Å². The van der Waals surface area contributed by atoms with E-state index in [0.29, 0.717) is 6.04 Å². The maximum absolute atomic E-state index is 9.11. The van der Waals surface area contributed by atoms with Crippen LogP contribution in [0.5, 0.6) is 0 Å². The summed E-state index contributed by atoms with van der Waals surface area (Å²) >= 11 is 0. The Hall–Kier alpha value is -0.340. The molecule has 0 aromatic heterocycles. The Morgan fingerprint density at radius 3 is 2.58 bits per heavy atom. The highest BCUT2D eigenvalue weighted by molar-refractivity contribution is 4.84. The molecule has 0 bridgehead atoms. The van der Waals surface area contributed by atoms with Crippen molar-refractivity contribution in [2.45, 2.75) is 33.2 Å². The van der Waals surface area contributed by atoms with Gasteiger partial charge in [0.05, 0.1) is 0 Å². The molecule has 0 aliphatic rings. The van der Waals surface area contributed by atoms with Gasteiger partial charge in [-0.25, -0.2) is 0 Å². The van der Waals surface area contributed by atoms with E-state index in [1.54, 1.807) is 0 Å². The molecule has 0 aromatic carbocycles. The fourth-order valence-electron chi connectivity index (χ4n) is 0.783. The van der Waals surface area contributed by atoms with Gasteiger partial charge < -0.3 is 10.4 Å². The van der Waals surface area contributed by atoms with Crippen LogP contribution in [0.1, 0.15) is 27.2 Å². The van der Waals surface area contributed by atoms with E-state index in [0.717, 1.165) is 13.0 Å². The highest BCUT2D eigenvalue weighted by Crippen LogP contribution is 2.18. The van der Waals surface area contributed by atoms with Crippen molar-refractivity contribution < 1.29 is 5.11 Å². The third-order valence-corrected chi connectivity index (χ3v) is 2.44. The first kappa shape index (κ1) is 11.7. The minimum Gasteiger partial charge on any atom is -0.396 e. The van der Waals surface area contributed by atoms with Crippen LogP contribution >= 0.6 is 0 Å². The van der Waals surface area contributed by atoms with E-state index >= 15 is 0 Å². The molecule has 0 aliphatic carbocycles. The van der Waals surface area contributed by atoms with E-state index in [-0.39, 0.29) is 12.0 Å². The summed E-state index contributed by atoms with van der Waals surface area (Å²) in [4.78, 5) is 0. The van der Waals surface area contributed by atoms with Crippen molar-refractivity contribution in [3.63, 3.8) is 0 Å². The van der Waals surface area contributed by atoms with Crippen LogP contribution in [0.15, 0.2) is 12.7 Å². The van der Waals surface area contributed by atoms with E-state index in [1.165, 1.54) is 0 Å². The molecule has 2 N–H and O–H groups in total. The van der Waals surface area contributed by atoms with Gasteiger partial charge in [0, 0.05) is 24.6 Å². The Labute approximate surface area is 75.7 Å². The van der Waals surface area contributed by atoms with Crippen LogP contribution in [0.3, 0.4) is 0 Å². The van der Waals surface area contributed by atoms with Crippen molar-refractivity contribution in [2.24, 2.45) is 5.41 Å². The molecule has 2 heteroatoms. The van der Waals surface area contributed by atoms with Crippen LogP contribution in [-0.2, 0) is 0 Å². The lowest BCUT2D eigenvalue weighted by Gasteiger charge is -2.27. The molecule has 2 unspecified atom stereocenters. The Balaban J connectivity index is 3.79. The van der Waals surface area contributed by atoms with E-state index in [1.807, 2.05) is 6.08 Å². The molecule has 0 aromatic rings. The van der Waals surface area contributed by atoms with Gasteiger partial charge >= 0.3 is 0 Å². The Morgan fingerprint density at radius 2 is 2.25 bits per heavy atom. The number of rotatable bonds is 6. The normalized spacial score (nSPS) is 18.3. The zero-order chi connectivity index (χ0) is 9.61. The molecular weight excluding hydrogens is 150 g/mol. The molecule has 0 aliphatic heterocycles. The summed E-state index contributed by atoms with van der Waals surface area (Å²) in [6, 6.07) is 0.322. The number of aliphatic hydroxyl groups is 1. The molecule has 0 saturated heterocycles. The number of nitrogens with one attached hydrogen (secondary N) is 1. The van der Waals surface area contributed by atoms with Crippen molar-refractivity contribution in [1.82, 2.24) is 5.32 Å². The van der Waals surface area contributed by atoms with Crippen LogP contribution in [-0.4, -0.2) is 24.3 Å². The Morgan fingerprint density at radius 1 is 1.67 bits per heavy atom. The molecule has 0 amide bonds. The number of hydrogen-bond acceptors (Lipinski definition) is 2. The summed E-state index contributed by atoms with van der Waals surface area (Å²) in [6.07, 6.45) is 2.85. The van der Waals surface area contributed by atoms with Crippen LogP contribution in [0.4, 0.5) is 0 Å². The molecule has 0 spiro atoms. The van der Waals surface area contributed by atoms with Crippen LogP contribution in [0.2, 0.25) is 0 Å². The van der Waals surface area contributed by atoms with Gasteiger partial charge in [0.25, 0.3) is 0 Å². The highest BCUT2D eigenvalue weighted by atomic mass is 16.3. The van der Waals surface area contributed by atoms with Gasteiger partial charge in [0.2, 0.25) is 0 Å². The van der Waals surface area contributed by atoms with Crippen molar-refractivity contribution in [2.75, 3.05) is 13.2 Å². The van der Waals surface area contributed by atoms with Crippen LogP contribution in [0.25, 0.3) is 0 Å². The minimum atomic E-state index is 0.0112. The highest BCUT2D eigenvalue weighted by Gasteiger charge is 2.20. The van der Waals surface area contributed by atoms with Gasteiger partial charge in [-0.05, 0) is 13.3 Å². The topological polar surface area (TPSA) is 32.3 Å². The van der Waals surface area contributed by atoms with Crippen molar-refractivity contribution in [3.05, 3.63) is 12.7 Å². The van der Waals surface area contributed by atoms with Crippen molar-refractivity contribution >= 4 is 0 Å². The summed E-state index contributed by atoms with van der Waals surface area (Å²) < 4.78 is 0. The first-order valence-corrected chi connectivity index (χ1v) is 4.55. The average Bonchev–Trinajstić information content (AvgIpc) is 2.13. The van der Waals surface area contributed by atoms with Gasteiger partial charge in [-0.1, -0.05) is 19.9 Å². The average molecular weight is 171 g/mol. The van der Waals surface area contributed by atoms with Crippen LogP contribution < -0.4 is 5.32 Å². The first-order valence-electron chi connectivity index (χ1n) is 4.55. The fraction of sp³-hybridized carbons (Fsp3) is 0.800. The standard InChI is InChI=1S/C10H21NO/c1-5-9(3)11-7-10(4,6-2)8-12/h5,9,11-12H,1,6-8H2,2-4H3. The lowest BCUT2D eigenvalue weighted by atomic mass is 9.88. The molecule has 0 heterocycles. The maximum Gasteiger partial charge on any atom is 0.0496 e. The summed E-state index contributed by atoms with van der Waals surface area (Å²) in [7, 11) is 0. The quantitative estimate of drug-likeness (QED) is 0.594. The van der Waals surface area contributed by atoms with Gasteiger partial charge in [-0.3, -0.25) is 0 Å². The van der Waals surface area contributed by atoms with Gasteiger partial charge in [0.1, 0.15) is 0 Å². The second-order valence-electron chi connectivity index (χ2n) is 3.73. The zero-order valence-electron chi connectivity index (χ0n) is 8.43. The second-order valence-corrected chi connectivity index (χ2v) is 3.73. The predicted molar refractivity (Wildman–Crippen MR) is 53.1 cm³/mol. The Bertz CT molecular complexity index is 130. The van der Waals surface area contributed by atoms with E-state index in [4.69, 9.17) is 5.11 Å². The maximum atomic E-state index is 9.11.